The lowest BCUT2D eigenvalue weighted by Crippen LogP contribution is -2.32. The maximum Gasteiger partial charge on any atom is 0.204 e. The fraction of sp³-hybridized carbons (Fsp3) is 0.500. The van der Waals surface area contributed by atoms with Crippen molar-refractivity contribution in [1.82, 2.24) is 21.1 Å². The fourth-order valence-electron chi connectivity index (χ4n) is 1.20. The minimum Gasteiger partial charge on any atom is -0.361 e. The number of guanidine groups is 1. The van der Waals surface area contributed by atoms with Crippen LogP contribution in [0.5, 0.6) is 0 Å². The van der Waals surface area contributed by atoms with Gasteiger partial charge in [-0.2, -0.15) is 5.26 Å². The van der Waals surface area contributed by atoms with Gasteiger partial charge in [-0.25, -0.2) is 0 Å². The normalized spacial score (nSPS) is 11.0. The summed E-state index contributed by atoms with van der Waals surface area (Å²) in [5, 5.41) is 20.6. The highest BCUT2D eigenvalue weighted by atomic mass is 16.5. The summed E-state index contributed by atoms with van der Waals surface area (Å²) in [6.07, 6.45) is 1.80. The van der Waals surface area contributed by atoms with Gasteiger partial charge in [0.15, 0.2) is 6.19 Å². The van der Waals surface area contributed by atoms with Crippen LogP contribution >= 0.6 is 0 Å². The van der Waals surface area contributed by atoms with Crippen molar-refractivity contribution in [2.24, 2.45) is 4.99 Å². The van der Waals surface area contributed by atoms with Crippen molar-refractivity contribution in [2.45, 2.75) is 13.5 Å². The molecule has 1 aromatic rings. The van der Waals surface area contributed by atoms with Crippen LogP contribution in [0.2, 0.25) is 0 Å². The molecule has 0 fully saturated rings. The summed E-state index contributed by atoms with van der Waals surface area (Å²) in [4.78, 5) is 4.13. The molecule has 7 nitrogen and oxygen atoms in total. The number of hydrogen-bond acceptors (Lipinski definition) is 5. The van der Waals surface area contributed by atoms with Crippen molar-refractivity contribution >= 4 is 5.96 Å². The molecule has 0 aliphatic heterocycles. The number of nitriles is 1. The van der Waals surface area contributed by atoms with Gasteiger partial charge >= 0.3 is 0 Å². The zero-order valence-electron chi connectivity index (χ0n) is 9.95. The summed E-state index contributed by atoms with van der Waals surface area (Å²) < 4.78 is 4.94. The Labute approximate surface area is 99.9 Å². The van der Waals surface area contributed by atoms with E-state index in [1.54, 1.807) is 13.2 Å². The first-order valence-electron chi connectivity index (χ1n) is 5.26. The Bertz CT molecular complexity index is 405. The molecule has 0 spiro atoms. The van der Waals surface area contributed by atoms with Gasteiger partial charge in [-0.05, 0) is 6.92 Å². The Kier molecular flexibility index (Phi) is 5.54. The lowest BCUT2D eigenvalue weighted by molar-refractivity contribution is 0.388. The monoisotopic (exact) mass is 236 g/mol. The van der Waals surface area contributed by atoms with E-state index in [2.05, 4.69) is 26.1 Å². The van der Waals surface area contributed by atoms with E-state index in [9.17, 15) is 0 Å². The number of aromatic nitrogens is 1. The predicted molar refractivity (Wildman–Crippen MR) is 63.1 cm³/mol. The quantitative estimate of drug-likeness (QED) is 0.214. The number of aliphatic imine (C=N–C) groups is 1. The van der Waals surface area contributed by atoms with Crippen molar-refractivity contribution in [3.05, 3.63) is 17.5 Å². The number of rotatable bonds is 5. The Morgan fingerprint density at radius 2 is 2.47 bits per heavy atom. The molecule has 0 unspecified atom stereocenters. The predicted octanol–water partition coefficient (Wildman–Crippen LogP) is -0.281. The zero-order valence-corrected chi connectivity index (χ0v) is 9.95. The topological polar surface area (TPSA) is 98.3 Å². The molecule has 1 heterocycles. The van der Waals surface area contributed by atoms with Crippen LogP contribution in [0.4, 0.5) is 0 Å². The van der Waals surface area contributed by atoms with Crippen LogP contribution in [0.25, 0.3) is 0 Å². The van der Waals surface area contributed by atoms with Crippen LogP contribution in [0, 0.1) is 18.4 Å². The maximum atomic E-state index is 8.41. The van der Waals surface area contributed by atoms with Gasteiger partial charge in [-0.1, -0.05) is 5.16 Å². The van der Waals surface area contributed by atoms with Gasteiger partial charge in [-0.15, -0.1) is 0 Å². The van der Waals surface area contributed by atoms with E-state index < -0.39 is 0 Å². The number of nitrogens with one attached hydrogen (secondary N) is 3. The van der Waals surface area contributed by atoms with Crippen molar-refractivity contribution < 1.29 is 4.52 Å². The van der Waals surface area contributed by atoms with Crippen molar-refractivity contribution in [1.29, 1.82) is 5.26 Å². The molecule has 92 valence electrons. The largest absolute Gasteiger partial charge is 0.361 e. The van der Waals surface area contributed by atoms with E-state index in [0.717, 1.165) is 11.5 Å². The third kappa shape index (κ3) is 4.99. The minimum atomic E-state index is 0.464. The number of hydrogen-bond donors (Lipinski definition) is 3. The Hall–Kier alpha value is -2.07. The van der Waals surface area contributed by atoms with E-state index in [-0.39, 0.29) is 0 Å². The second-order valence-corrected chi connectivity index (χ2v) is 3.32. The molecule has 0 saturated heterocycles. The molecule has 1 rings (SSSR count). The van der Waals surface area contributed by atoms with E-state index in [0.29, 0.717) is 25.6 Å². The molecular weight excluding hydrogens is 220 g/mol. The summed E-state index contributed by atoms with van der Waals surface area (Å²) >= 11 is 0. The van der Waals surface area contributed by atoms with Crippen LogP contribution in [0.15, 0.2) is 15.6 Å². The highest BCUT2D eigenvalue weighted by molar-refractivity contribution is 5.80. The molecule has 0 amide bonds. The molecular formula is C10H16N6O. The second-order valence-electron chi connectivity index (χ2n) is 3.32. The smallest absolute Gasteiger partial charge is 0.204 e. The Balaban J connectivity index is 2.18. The standard InChI is InChI=1S/C10H16N6O/c1-8-5-9(16-17-8)6-13-3-4-14-10(12-2)15-7-11/h5,13H,3-4,6H2,1-2H3,(H2,12,14,15). The summed E-state index contributed by atoms with van der Waals surface area (Å²) in [6.45, 7) is 3.77. The van der Waals surface area contributed by atoms with Crippen LogP contribution in [-0.4, -0.2) is 31.3 Å². The molecule has 1 aromatic heterocycles. The maximum absolute atomic E-state index is 8.41. The number of nitrogens with zero attached hydrogens (tertiary/aromatic N) is 3. The van der Waals surface area contributed by atoms with E-state index >= 15 is 0 Å². The SMILES string of the molecule is CN/C(=N/CCNCc1cc(C)on1)NC#N. The van der Waals surface area contributed by atoms with Crippen LogP contribution in [0.1, 0.15) is 11.5 Å². The van der Waals surface area contributed by atoms with E-state index in [1.807, 2.05) is 13.0 Å². The summed E-state index contributed by atoms with van der Waals surface area (Å²) in [7, 11) is 1.70. The molecule has 3 N–H and O–H groups in total. The summed E-state index contributed by atoms with van der Waals surface area (Å²) in [5.74, 6) is 1.27. The van der Waals surface area contributed by atoms with Gasteiger partial charge in [0.05, 0.1) is 12.2 Å². The van der Waals surface area contributed by atoms with Gasteiger partial charge in [0, 0.05) is 26.2 Å². The summed E-state index contributed by atoms with van der Waals surface area (Å²) in [5.41, 5.74) is 0.871. The zero-order chi connectivity index (χ0) is 12.5. The molecule has 17 heavy (non-hydrogen) atoms. The molecule has 0 aliphatic carbocycles. The molecule has 0 saturated carbocycles. The molecule has 0 bridgehead atoms. The minimum absolute atomic E-state index is 0.464. The molecule has 0 atom stereocenters. The average molecular weight is 236 g/mol. The van der Waals surface area contributed by atoms with Gasteiger partial charge in [0.2, 0.25) is 5.96 Å². The first-order chi connectivity index (χ1) is 8.26. The van der Waals surface area contributed by atoms with Crippen molar-refractivity contribution in [2.75, 3.05) is 20.1 Å². The lowest BCUT2D eigenvalue weighted by atomic mass is 10.4. The molecule has 0 radical (unpaired) electrons. The van der Waals surface area contributed by atoms with Gasteiger partial charge in [0.25, 0.3) is 0 Å². The highest BCUT2D eigenvalue weighted by Crippen LogP contribution is 1.99. The molecule has 0 aromatic carbocycles. The van der Waals surface area contributed by atoms with Crippen LogP contribution < -0.4 is 16.0 Å². The lowest BCUT2D eigenvalue weighted by Gasteiger charge is -2.02. The van der Waals surface area contributed by atoms with Gasteiger partial charge in [-0.3, -0.25) is 10.3 Å². The molecule has 7 heteroatoms. The Morgan fingerprint density at radius 1 is 1.65 bits per heavy atom. The third-order valence-corrected chi connectivity index (χ3v) is 1.95. The second kappa shape index (κ2) is 7.24. The third-order valence-electron chi connectivity index (χ3n) is 1.95. The van der Waals surface area contributed by atoms with Gasteiger partial charge in [0.1, 0.15) is 5.76 Å². The van der Waals surface area contributed by atoms with Crippen LogP contribution in [0.3, 0.4) is 0 Å². The van der Waals surface area contributed by atoms with Crippen molar-refractivity contribution in [3.8, 4) is 6.19 Å². The number of aryl methyl sites for hydroxylation is 1. The average Bonchev–Trinajstić information content (AvgIpc) is 2.73. The van der Waals surface area contributed by atoms with Crippen molar-refractivity contribution in [3.63, 3.8) is 0 Å². The first-order valence-corrected chi connectivity index (χ1v) is 5.26. The van der Waals surface area contributed by atoms with E-state index in [1.165, 1.54) is 0 Å². The Morgan fingerprint density at radius 3 is 3.06 bits per heavy atom. The molecule has 0 aliphatic rings. The summed E-state index contributed by atoms with van der Waals surface area (Å²) in [6, 6.07) is 1.88. The fourth-order valence-corrected chi connectivity index (χ4v) is 1.20. The highest BCUT2D eigenvalue weighted by Gasteiger charge is 1.98. The van der Waals surface area contributed by atoms with E-state index in [4.69, 9.17) is 9.78 Å². The van der Waals surface area contributed by atoms with Gasteiger partial charge < -0.3 is 15.2 Å². The van der Waals surface area contributed by atoms with Crippen LogP contribution in [-0.2, 0) is 6.54 Å². The first kappa shape index (κ1) is 13.0.